The summed E-state index contributed by atoms with van der Waals surface area (Å²) in [6.07, 6.45) is 8.88. The molecule has 0 amide bonds. The molecule has 0 spiro atoms. The average Bonchev–Trinajstić information content (AvgIpc) is 3.34. The quantitative estimate of drug-likeness (QED) is 0.262. The van der Waals surface area contributed by atoms with E-state index in [0.717, 1.165) is 0 Å². The van der Waals surface area contributed by atoms with E-state index >= 15 is 0 Å². The fourth-order valence-corrected chi connectivity index (χ4v) is 5.22. The Hall–Kier alpha value is -4.30. The third-order valence-corrected chi connectivity index (χ3v) is 6.79. The molecule has 6 rings (SSSR count). The predicted molar refractivity (Wildman–Crippen MR) is 144 cm³/mol. The number of nitrogens with zero attached hydrogens (tertiary/aromatic N) is 2. The van der Waals surface area contributed by atoms with Gasteiger partial charge >= 0.3 is 0 Å². The van der Waals surface area contributed by atoms with Gasteiger partial charge in [-0.1, -0.05) is 72.8 Å². The van der Waals surface area contributed by atoms with Gasteiger partial charge in [0.15, 0.2) is 0 Å². The van der Waals surface area contributed by atoms with Crippen LogP contribution in [-0.4, -0.2) is 8.80 Å². The second-order valence-electron chi connectivity index (χ2n) is 8.75. The van der Waals surface area contributed by atoms with Crippen molar-refractivity contribution >= 4 is 23.2 Å². The van der Waals surface area contributed by atoms with Crippen molar-refractivity contribution in [2.45, 2.75) is 13.8 Å². The Morgan fingerprint density at radius 1 is 0.471 bits per heavy atom. The second kappa shape index (κ2) is 8.24. The van der Waals surface area contributed by atoms with Crippen molar-refractivity contribution in [3.8, 4) is 22.3 Å². The SMILES string of the molecule is Cc1c(-c2ccccc2)c(/C=C/c2c(-c3ccccc3)c(C)c3ccccn23)n2ccccc12. The molecule has 0 bridgehead atoms. The first kappa shape index (κ1) is 20.3. The minimum absolute atomic E-state index is 1.20. The maximum Gasteiger partial charge on any atom is 0.0538 e. The number of aromatic nitrogens is 2. The summed E-state index contributed by atoms with van der Waals surface area (Å²) in [7, 11) is 0. The van der Waals surface area contributed by atoms with Crippen molar-refractivity contribution in [3.63, 3.8) is 0 Å². The summed E-state index contributed by atoms with van der Waals surface area (Å²) in [4.78, 5) is 0. The molecule has 0 saturated heterocycles. The molecular formula is C32H26N2. The van der Waals surface area contributed by atoms with Crippen LogP contribution < -0.4 is 0 Å². The summed E-state index contributed by atoms with van der Waals surface area (Å²) in [6, 6.07) is 34.2. The number of pyridine rings is 2. The maximum absolute atomic E-state index is 2.30. The van der Waals surface area contributed by atoms with Gasteiger partial charge in [-0.05, 0) is 72.5 Å². The molecule has 0 aliphatic rings. The van der Waals surface area contributed by atoms with E-state index in [9.17, 15) is 0 Å². The van der Waals surface area contributed by atoms with Crippen molar-refractivity contribution in [2.75, 3.05) is 0 Å². The molecule has 164 valence electrons. The first-order valence-corrected chi connectivity index (χ1v) is 11.7. The van der Waals surface area contributed by atoms with Crippen molar-refractivity contribution in [2.24, 2.45) is 0 Å². The molecule has 0 aliphatic carbocycles. The normalized spacial score (nSPS) is 11.7. The third kappa shape index (κ3) is 3.19. The Bertz CT molecular complexity index is 1520. The highest BCUT2D eigenvalue weighted by molar-refractivity contribution is 5.91. The van der Waals surface area contributed by atoms with Crippen LogP contribution >= 0.6 is 0 Å². The fraction of sp³-hybridized carbons (Fsp3) is 0.0625. The van der Waals surface area contributed by atoms with Crippen LogP contribution in [0.5, 0.6) is 0 Å². The molecule has 2 nitrogen and oxygen atoms in total. The van der Waals surface area contributed by atoms with Gasteiger partial charge in [0.25, 0.3) is 0 Å². The van der Waals surface area contributed by atoms with Crippen molar-refractivity contribution in [3.05, 3.63) is 132 Å². The number of fused-ring (bicyclic) bond motifs is 2. The predicted octanol–water partition coefficient (Wildman–Crippen LogP) is 8.31. The van der Waals surface area contributed by atoms with E-state index in [-0.39, 0.29) is 0 Å². The van der Waals surface area contributed by atoms with E-state index in [1.807, 2.05) is 0 Å². The van der Waals surface area contributed by atoms with Crippen LogP contribution in [0.4, 0.5) is 0 Å². The summed E-state index contributed by atoms with van der Waals surface area (Å²) in [6.45, 7) is 4.45. The molecule has 6 aromatic rings. The number of hydrogen-bond acceptors (Lipinski definition) is 0. The van der Waals surface area contributed by atoms with E-state index < -0.39 is 0 Å². The van der Waals surface area contributed by atoms with Gasteiger partial charge in [-0.2, -0.15) is 0 Å². The van der Waals surface area contributed by atoms with Crippen LogP contribution in [0.25, 0.3) is 45.4 Å². The highest BCUT2D eigenvalue weighted by Gasteiger charge is 2.17. The van der Waals surface area contributed by atoms with Crippen LogP contribution in [-0.2, 0) is 0 Å². The number of rotatable bonds is 4. The van der Waals surface area contributed by atoms with E-state index in [1.165, 1.54) is 55.8 Å². The first-order chi connectivity index (χ1) is 16.7. The van der Waals surface area contributed by atoms with Gasteiger partial charge in [0, 0.05) is 34.6 Å². The number of benzene rings is 2. The van der Waals surface area contributed by atoms with Gasteiger partial charge in [-0.3, -0.25) is 0 Å². The summed E-state index contributed by atoms with van der Waals surface area (Å²) in [5, 5.41) is 0. The standard InChI is InChI=1S/C32H26N2/c1-23-27-17-9-11-21-33(27)29(31(23)25-13-5-3-6-14-25)19-20-30-32(26-15-7-4-8-16-26)24(2)28-18-10-12-22-34(28)30/h3-22H,1-2H3/b20-19+. The molecule has 0 atom stereocenters. The molecule has 4 heterocycles. The molecule has 0 N–H and O–H groups in total. The van der Waals surface area contributed by atoms with E-state index in [2.05, 4.69) is 144 Å². The molecule has 2 heteroatoms. The summed E-state index contributed by atoms with van der Waals surface area (Å²) in [5.41, 5.74) is 12.5. The molecule has 0 unspecified atom stereocenters. The number of hydrogen-bond donors (Lipinski definition) is 0. The van der Waals surface area contributed by atoms with Crippen molar-refractivity contribution in [1.29, 1.82) is 0 Å². The molecule has 34 heavy (non-hydrogen) atoms. The lowest BCUT2D eigenvalue weighted by Gasteiger charge is -2.06. The molecular weight excluding hydrogens is 412 g/mol. The molecule has 0 radical (unpaired) electrons. The van der Waals surface area contributed by atoms with Gasteiger partial charge in [-0.15, -0.1) is 0 Å². The van der Waals surface area contributed by atoms with Crippen LogP contribution in [0.3, 0.4) is 0 Å². The van der Waals surface area contributed by atoms with Crippen molar-refractivity contribution in [1.82, 2.24) is 8.80 Å². The van der Waals surface area contributed by atoms with Crippen LogP contribution in [0.15, 0.2) is 109 Å². The minimum Gasteiger partial charge on any atom is -0.316 e. The summed E-state index contributed by atoms with van der Waals surface area (Å²) in [5.74, 6) is 0. The van der Waals surface area contributed by atoms with Gasteiger partial charge in [0.2, 0.25) is 0 Å². The van der Waals surface area contributed by atoms with E-state index in [0.29, 0.717) is 0 Å². The largest absolute Gasteiger partial charge is 0.316 e. The van der Waals surface area contributed by atoms with E-state index in [4.69, 9.17) is 0 Å². The minimum atomic E-state index is 1.20. The van der Waals surface area contributed by atoms with Crippen LogP contribution in [0.2, 0.25) is 0 Å². The summed E-state index contributed by atoms with van der Waals surface area (Å²) < 4.78 is 4.61. The average molecular weight is 439 g/mol. The monoisotopic (exact) mass is 438 g/mol. The number of aryl methyl sites for hydroxylation is 2. The highest BCUT2D eigenvalue weighted by atomic mass is 14.9. The Morgan fingerprint density at radius 2 is 0.853 bits per heavy atom. The Morgan fingerprint density at radius 3 is 1.26 bits per heavy atom. The Labute approximate surface area is 200 Å². The summed E-state index contributed by atoms with van der Waals surface area (Å²) >= 11 is 0. The zero-order valence-corrected chi connectivity index (χ0v) is 19.4. The Kier molecular flexibility index (Phi) is 4.92. The fourth-order valence-electron chi connectivity index (χ4n) is 5.22. The third-order valence-electron chi connectivity index (χ3n) is 6.79. The van der Waals surface area contributed by atoms with Gasteiger partial charge < -0.3 is 8.80 Å². The maximum atomic E-state index is 2.30. The smallest absolute Gasteiger partial charge is 0.0538 e. The van der Waals surface area contributed by atoms with Gasteiger partial charge in [-0.25, -0.2) is 0 Å². The zero-order valence-electron chi connectivity index (χ0n) is 19.4. The van der Waals surface area contributed by atoms with Gasteiger partial charge in [0.1, 0.15) is 0 Å². The molecule has 0 saturated carbocycles. The lowest BCUT2D eigenvalue weighted by Crippen LogP contribution is -1.90. The molecule has 0 fully saturated rings. The van der Waals surface area contributed by atoms with Crippen molar-refractivity contribution < 1.29 is 0 Å². The molecule has 2 aromatic carbocycles. The first-order valence-electron chi connectivity index (χ1n) is 11.7. The van der Waals surface area contributed by atoms with Crippen LogP contribution in [0, 0.1) is 13.8 Å². The lowest BCUT2D eigenvalue weighted by atomic mass is 9.99. The topological polar surface area (TPSA) is 8.82 Å². The molecule has 4 aromatic heterocycles. The van der Waals surface area contributed by atoms with Gasteiger partial charge in [0.05, 0.1) is 11.4 Å². The lowest BCUT2D eigenvalue weighted by molar-refractivity contribution is 1.17. The highest BCUT2D eigenvalue weighted by Crippen LogP contribution is 2.36. The zero-order chi connectivity index (χ0) is 23.1. The Balaban J connectivity index is 1.62. The molecule has 0 aliphatic heterocycles. The van der Waals surface area contributed by atoms with E-state index in [1.54, 1.807) is 0 Å². The van der Waals surface area contributed by atoms with Crippen LogP contribution in [0.1, 0.15) is 22.5 Å². The second-order valence-corrected chi connectivity index (χ2v) is 8.75.